The largest absolute Gasteiger partial charge is 0.331 e. The Labute approximate surface area is 153 Å². The zero-order valence-corrected chi connectivity index (χ0v) is 15.5. The van der Waals surface area contributed by atoms with E-state index in [1.807, 2.05) is 6.92 Å². The number of carbonyl (C=O) groups is 1. The number of benzene rings is 2. The topological polar surface area (TPSA) is 101 Å². The molecule has 26 heavy (non-hydrogen) atoms. The minimum atomic E-state index is -3.74. The molecular weight excluding hydrogens is 350 g/mol. The molecule has 2 amide bonds. The van der Waals surface area contributed by atoms with Crippen molar-refractivity contribution in [3.8, 4) is 0 Å². The maximum atomic E-state index is 12.2. The second kappa shape index (κ2) is 7.47. The average molecular weight is 373 g/mol. The third kappa shape index (κ3) is 4.42. The highest BCUT2D eigenvalue weighted by molar-refractivity contribution is 7.89. The summed E-state index contributed by atoms with van der Waals surface area (Å²) in [5.74, 6) is 0. The van der Waals surface area contributed by atoms with Gasteiger partial charge in [0.2, 0.25) is 10.0 Å². The van der Waals surface area contributed by atoms with Crippen molar-refractivity contribution in [3.63, 3.8) is 0 Å². The summed E-state index contributed by atoms with van der Waals surface area (Å²) in [6.45, 7) is 1.94. The van der Waals surface area contributed by atoms with Crippen LogP contribution in [0.2, 0.25) is 0 Å². The van der Waals surface area contributed by atoms with Gasteiger partial charge in [0.05, 0.1) is 10.9 Å². The van der Waals surface area contributed by atoms with Gasteiger partial charge >= 0.3 is 6.03 Å². The molecule has 0 saturated heterocycles. The van der Waals surface area contributed by atoms with Gasteiger partial charge in [-0.05, 0) is 73.6 Å². The van der Waals surface area contributed by atoms with Gasteiger partial charge in [-0.1, -0.05) is 18.2 Å². The molecule has 1 unspecified atom stereocenters. The van der Waals surface area contributed by atoms with E-state index < -0.39 is 10.0 Å². The Bertz CT molecular complexity index is 908. The molecule has 1 aliphatic rings. The van der Waals surface area contributed by atoms with E-state index in [-0.39, 0.29) is 17.0 Å². The first-order valence-corrected chi connectivity index (χ1v) is 10.2. The average Bonchev–Trinajstić information content (AvgIpc) is 2.61. The van der Waals surface area contributed by atoms with Crippen molar-refractivity contribution in [1.29, 1.82) is 0 Å². The Morgan fingerprint density at radius 3 is 2.35 bits per heavy atom. The minimum Gasteiger partial charge on any atom is -0.331 e. The summed E-state index contributed by atoms with van der Waals surface area (Å²) in [6, 6.07) is 11.6. The Balaban J connectivity index is 1.62. The molecule has 4 N–H and O–H groups in total. The lowest BCUT2D eigenvalue weighted by Crippen LogP contribution is -2.31. The number of anilines is 1. The van der Waals surface area contributed by atoms with Crippen molar-refractivity contribution >= 4 is 21.7 Å². The van der Waals surface area contributed by atoms with Crippen LogP contribution in [0.3, 0.4) is 0 Å². The Kier molecular flexibility index (Phi) is 5.29. The van der Waals surface area contributed by atoms with E-state index in [1.165, 1.54) is 48.2 Å². The second-order valence-electron chi connectivity index (χ2n) is 6.62. The molecule has 0 radical (unpaired) electrons. The predicted molar refractivity (Wildman–Crippen MR) is 101 cm³/mol. The highest BCUT2D eigenvalue weighted by Gasteiger charge is 2.14. The van der Waals surface area contributed by atoms with Crippen LogP contribution < -0.4 is 15.8 Å². The lowest BCUT2D eigenvalue weighted by molar-refractivity contribution is 0.249. The minimum absolute atomic E-state index is 0.00545. The van der Waals surface area contributed by atoms with Gasteiger partial charge in [-0.15, -0.1) is 0 Å². The van der Waals surface area contributed by atoms with Gasteiger partial charge in [0, 0.05) is 5.69 Å². The van der Waals surface area contributed by atoms with Crippen molar-refractivity contribution in [1.82, 2.24) is 5.32 Å². The third-order valence-electron chi connectivity index (χ3n) is 4.66. The number of hydrogen-bond donors (Lipinski definition) is 3. The van der Waals surface area contributed by atoms with Crippen molar-refractivity contribution in [2.24, 2.45) is 5.14 Å². The van der Waals surface area contributed by atoms with Gasteiger partial charge in [0.1, 0.15) is 0 Å². The van der Waals surface area contributed by atoms with Crippen LogP contribution in [0.4, 0.5) is 10.5 Å². The normalized spacial score (nSPS) is 15.0. The molecule has 0 spiro atoms. The van der Waals surface area contributed by atoms with Crippen LogP contribution in [0.1, 0.15) is 42.5 Å². The Morgan fingerprint density at radius 1 is 1.04 bits per heavy atom. The molecule has 2 aromatic carbocycles. The number of hydrogen-bond acceptors (Lipinski definition) is 3. The fourth-order valence-corrected chi connectivity index (χ4v) is 3.71. The molecule has 138 valence electrons. The SMILES string of the molecule is CC(NC(=O)Nc1ccc(S(N)(=O)=O)cc1)c1ccc2c(c1)CCCC2. The highest BCUT2D eigenvalue weighted by Crippen LogP contribution is 2.24. The smallest absolute Gasteiger partial charge is 0.319 e. The number of urea groups is 1. The highest BCUT2D eigenvalue weighted by atomic mass is 32.2. The van der Waals surface area contributed by atoms with Gasteiger partial charge in [0.25, 0.3) is 0 Å². The van der Waals surface area contributed by atoms with Crippen LogP contribution in [0.5, 0.6) is 0 Å². The number of nitrogens with one attached hydrogen (secondary N) is 2. The summed E-state index contributed by atoms with van der Waals surface area (Å²) >= 11 is 0. The number of sulfonamides is 1. The van der Waals surface area contributed by atoms with E-state index >= 15 is 0 Å². The molecule has 0 fully saturated rings. The van der Waals surface area contributed by atoms with E-state index in [2.05, 4.69) is 28.8 Å². The number of aryl methyl sites for hydroxylation is 2. The summed E-state index contributed by atoms with van der Waals surface area (Å²) in [5, 5.41) is 10.7. The van der Waals surface area contributed by atoms with E-state index in [9.17, 15) is 13.2 Å². The van der Waals surface area contributed by atoms with Crippen molar-refractivity contribution in [3.05, 3.63) is 59.2 Å². The molecular formula is C19H23N3O3S. The summed E-state index contributed by atoms with van der Waals surface area (Å²) in [6.07, 6.45) is 4.69. The van der Waals surface area contributed by atoms with Crippen molar-refractivity contribution in [2.75, 3.05) is 5.32 Å². The van der Waals surface area contributed by atoms with Gasteiger partial charge in [-0.3, -0.25) is 0 Å². The van der Waals surface area contributed by atoms with E-state index in [0.29, 0.717) is 5.69 Å². The molecule has 0 saturated carbocycles. The number of rotatable bonds is 4. The van der Waals surface area contributed by atoms with Crippen LogP contribution in [0.15, 0.2) is 47.4 Å². The van der Waals surface area contributed by atoms with E-state index in [0.717, 1.165) is 18.4 Å². The van der Waals surface area contributed by atoms with Crippen LogP contribution >= 0.6 is 0 Å². The summed E-state index contributed by atoms with van der Waals surface area (Å²) in [5.41, 5.74) is 4.35. The summed E-state index contributed by atoms with van der Waals surface area (Å²) < 4.78 is 22.5. The molecule has 6 nitrogen and oxygen atoms in total. The van der Waals surface area contributed by atoms with Gasteiger partial charge in [-0.25, -0.2) is 18.4 Å². The first-order valence-electron chi connectivity index (χ1n) is 8.65. The standard InChI is InChI=1S/C19H23N3O3S/c1-13(15-7-6-14-4-2-3-5-16(14)12-15)21-19(23)22-17-8-10-18(11-9-17)26(20,24)25/h6-13H,2-5H2,1H3,(H2,20,24,25)(H2,21,22,23). The predicted octanol–water partition coefficient (Wildman–Crippen LogP) is 3.10. The number of fused-ring (bicyclic) bond motifs is 1. The Hall–Kier alpha value is -2.38. The quantitative estimate of drug-likeness (QED) is 0.767. The summed E-state index contributed by atoms with van der Waals surface area (Å²) in [7, 11) is -3.74. The van der Waals surface area contributed by atoms with Crippen LogP contribution in [0, 0.1) is 0 Å². The maximum absolute atomic E-state index is 12.2. The van der Waals surface area contributed by atoms with Crippen LogP contribution in [-0.2, 0) is 22.9 Å². The molecule has 7 heteroatoms. The fourth-order valence-electron chi connectivity index (χ4n) is 3.20. The maximum Gasteiger partial charge on any atom is 0.319 e. The molecule has 0 aromatic heterocycles. The van der Waals surface area contributed by atoms with Gasteiger partial charge in [-0.2, -0.15) is 0 Å². The summed E-state index contributed by atoms with van der Waals surface area (Å²) in [4.78, 5) is 12.2. The fraction of sp³-hybridized carbons (Fsp3) is 0.316. The van der Waals surface area contributed by atoms with Gasteiger partial charge < -0.3 is 10.6 Å². The second-order valence-corrected chi connectivity index (χ2v) is 8.19. The Morgan fingerprint density at radius 2 is 1.69 bits per heavy atom. The zero-order chi connectivity index (χ0) is 18.7. The molecule has 0 heterocycles. The molecule has 1 atom stereocenters. The van der Waals surface area contributed by atoms with Crippen LogP contribution in [-0.4, -0.2) is 14.4 Å². The lowest BCUT2D eigenvalue weighted by Gasteiger charge is -2.20. The zero-order valence-electron chi connectivity index (χ0n) is 14.7. The first kappa shape index (κ1) is 18.4. The van der Waals surface area contributed by atoms with E-state index in [4.69, 9.17) is 5.14 Å². The first-order chi connectivity index (χ1) is 12.3. The lowest BCUT2D eigenvalue weighted by atomic mass is 9.89. The van der Waals surface area contributed by atoms with Crippen molar-refractivity contribution in [2.45, 2.75) is 43.5 Å². The molecule has 0 aliphatic heterocycles. The number of amides is 2. The monoisotopic (exact) mass is 373 g/mol. The van der Waals surface area contributed by atoms with Crippen LogP contribution in [0.25, 0.3) is 0 Å². The molecule has 0 bridgehead atoms. The number of primary sulfonamides is 1. The molecule has 1 aliphatic carbocycles. The van der Waals surface area contributed by atoms with E-state index in [1.54, 1.807) is 0 Å². The number of nitrogens with two attached hydrogens (primary N) is 1. The molecule has 3 rings (SSSR count). The molecule has 2 aromatic rings. The third-order valence-corrected chi connectivity index (χ3v) is 5.59. The van der Waals surface area contributed by atoms with Gasteiger partial charge in [0.15, 0.2) is 0 Å². The van der Waals surface area contributed by atoms with Crippen molar-refractivity contribution < 1.29 is 13.2 Å². The number of carbonyl (C=O) groups excluding carboxylic acids is 1.